The molecule has 98 valence electrons. The summed E-state index contributed by atoms with van der Waals surface area (Å²) < 4.78 is 0. The summed E-state index contributed by atoms with van der Waals surface area (Å²) in [5.41, 5.74) is 7.70. The molecule has 0 aromatic heterocycles. The van der Waals surface area contributed by atoms with Gasteiger partial charge in [-0.1, -0.05) is 60.7 Å². The van der Waals surface area contributed by atoms with Crippen LogP contribution in [0.3, 0.4) is 0 Å². The van der Waals surface area contributed by atoms with E-state index in [2.05, 4.69) is 24.3 Å². The van der Waals surface area contributed by atoms with E-state index in [1.54, 1.807) is 0 Å². The smallest absolute Gasteiger partial charge is 0.272 e. The Hall–Kier alpha value is -2.13. The van der Waals surface area contributed by atoms with Crippen LogP contribution in [0.1, 0.15) is 17.2 Å². The van der Waals surface area contributed by atoms with Crippen molar-refractivity contribution < 1.29 is 9.69 Å². The number of rotatable bonds is 5. The lowest BCUT2D eigenvalue weighted by molar-refractivity contribution is -0.897. The summed E-state index contributed by atoms with van der Waals surface area (Å²) in [5, 5.41) is 0. The molecule has 2 aromatic rings. The third-order valence-electron chi connectivity index (χ3n) is 3.21. The number of primary amides is 1. The SMILES string of the molecule is C[NH+](CC(N)=O)C(c1ccccc1)c1ccccc1. The first-order chi connectivity index (χ1) is 9.18. The number of benzene rings is 2. The van der Waals surface area contributed by atoms with Gasteiger partial charge >= 0.3 is 0 Å². The van der Waals surface area contributed by atoms with Crippen molar-refractivity contribution in [2.75, 3.05) is 13.6 Å². The third kappa shape index (κ3) is 3.42. The summed E-state index contributed by atoms with van der Waals surface area (Å²) in [4.78, 5) is 12.3. The zero-order valence-corrected chi connectivity index (χ0v) is 11.0. The van der Waals surface area contributed by atoms with E-state index in [4.69, 9.17) is 5.73 Å². The van der Waals surface area contributed by atoms with Crippen LogP contribution in [0.15, 0.2) is 60.7 Å². The molecule has 0 aliphatic rings. The van der Waals surface area contributed by atoms with Crippen molar-refractivity contribution in [1.82, 2.24) is 0 Å². The number of hydrogen-bond acceptors (Lipinski definition) is 1. The molecular formula is C16H19N2O+. The highest BCUT2D eigenvalue weighted by atomic mass is 16.1. The molecule has 0 spiro atoms. The maximum Gasteiger partial charge on any atom is 0.272 e. The van der Waals surface area contributed by atoms with Gasteiger partial charge in [-0.3, -0.25) is 4.79 Å². The van der Waals surface area contributed by atoms with Crippen molar-refractivity contribution >= 4 is 5.91 Å². The van der Waals surface area contributed by atoms with Gasteiger partial charge in [0.05, 0.1) is 7.05 Å². The molecule has 0 fully saturated rings. The van der Waals surface area contributed by atoms with Crippen molar-refractivity contribution in [2.45, 2.75) is 6.04 Å². The van der Waals surface area contributed by atoms with Gasteiger partial charge in [0.1, 0.15) is 6.04 Å². The molecular weight excluding hydrogens is 236 g/mol. The number of hydrogen-bond donors (Lipinski definition) is 2. The molecule has 19 heavy (non-hydrogen) atoms. The van der Waals surface area contributed by atoms with E-state index in [0.29, 0.717) is 6.54 Å². The van der Waals surface area contributed by atoms with Gasteiger partial charge in [-0.2, -0.15) is 0 Å². The van der Waals surface area contributed by atoms with Crippen LogP contribution >= 0.6 is 0 Å². The lowest BCUT2D eigenvalue weighted by Gasteiger charge is -2.24. The fourth-order valence-electron chi connectivity index (χ4n) is 2.43. The molecule has 1 amide bonds. The number of nitrogens with two attached hydrogens (primary N) is 1. The van der Waals surface area contributed by atoms with Gasteiger partial charge in [0, 0.05) is 11.1 Å². The van der Waals surface area contributed by atoms with Crippen LogP contribution in [0.5, 0.6) is 0 Å². The zero-order valence-electron chi connectivity index (χ0n) is 11.0. The minimum atomic E-state index is -0.283. The molecule has 0 heterocycles. The van der Waals surface area contributed by atoms with Crippen LogP contribution < -0.4 is 10.6 Å². The van der Waals surface area contributed by atoms with Crippen molar-refractivity contribution in [2.24, 2.45) is 5.73 Å². The average molecular weight is 255 g/mol. The summed E-state index contributed by atoms with van der Waals surface area (Å²) in [6.07, 6.45) is 0. The molecule has 0 saturated carbocycles. The fourth-order valence-corrected chi connectivity index (χ4v) is 2.43. The Morgan fingerprint density at radius 3 is 1.79 bits per heavy atom. The van der Waals surface area contributed by atoms with Crippen LogP contribution in [0, 0.1) is 0 Å². The van der Waals surface area contributed by atoms with E-state index in [1.807, 2.05) is 43.4 Å². The lowest BCUT2D eigenvalue weighted by atomic mass is 9.97. The summed E-state index contributed by atoms with van der Waals surface area (Å²) in [5.74, 6) is -0.283. The predicted octanol–water partition coefficient (Wildman–Crippen LogP) is 0.776. The highest BCUT2D eigenvalue weighted by Crippen LogP contribution is 2.18. The van der Waals surface area contributed by atoms with E-state index in [0.717, 1.165) is 4.90 Å². The second-order valence-electron chi connectivity index (χ2n) is 4.74. The highest BCUT2D eigenvalue weighted by molar-refractivity contribution is 5.74. The molecule has 3 nitrogen and oxygen atoms in total. The quantitative estimate of drug-likeness (QED) is 0.815. The second-order valence-corrected chi connectivity index (χ2v) is 4.74. The van der Waals surface area contributed by atoms with Crippen molar-refractivity contribution in [3.05, 3.63) is 71.8 Å². The van der Waals surface area contributed by atoms with E-state index in [-0.39, 0.29) is 11.9 Å². The predicted molar refractivity (Wildman–Crippen MR) is 75.7 cm³/mol. The standard InChI is InChI=1S/C16H18N2O/c1-18(12-15(17)19)16(13-8-4-2-5-9-13)14-10-6-3-7-11-14/h2-11,16H,12H2,1H3,(H2,17,19)/p+1. The lowest BCUT2D eigenvalue weighted by Crippen LogP contribution is -3.10. The Morgan fingerprint density at radius 1 is 1.00 bits per heavy atom. The summed E-state index contributed by atoms with van der Waals surface area (Å²) >= 11 is 0. The maximum atomic E-state index is 11.2. The largest absolute Gasteiger partial charge is 0.365 e. The van der Waals surface area contributed by atoms with Crippen molar-refractivity contribution in [1.29, 1.82) is 0 Å². The van der Waals surface area contributed by atoms with Crippen LogP contribution in [-0.4, -0.2) is 19.5 Å². The normalized spacial score (nSPS) is 12.3. The van der Waals surface area contributed by atoms with Gasteiger partial charge < -0.3 is 10.6 Å². The van der Waals surface area contributed by atoms with Gasteiger partial charge in [-0.05, 0) is 0 Å². The van der Waals surface area contributed by atoms with Crippen LogP contribution in [0.2, 0.25) is 0 Å². The molecule has 2 aromatic carbocycles. The van der Waals surface area contributed by atoms with Gasteiger partial charge in [-0.25, -0.2) is 0 Å². The minimum absolute atomic E-state index is 0.120. The van der Waals surface area contributed by atoms with Crippen LogP contribution in [0.25, 0.3) is 0 Å². The number of quaternary nitrogens is 1. The number of amides is 1. The molecule has 0 saturated heterocycles. The Bertz CT molecular complexity index is 485. The number of nitrogens with one attached hydrogen (secondary N) is 1. The average Bonchev–Trinajstić information content (AvgIpc) is 2.40. The molecule has 0 aliphatic heterocycles. The Labute approximate surface area is 113 Å². The first-order valence-corrected chi connectivity index (χ1v) is 6.39. The molecule has 3 heteroatoms. The van der Waals surface area contributed by atoms with Gasteiger partial charge in [0.25, 0.3) is 5.91 Å². The number of likely N-dealkylation sites (N-methyl/N-ethyl adjacent to an activating group) is 1. The molecule has 0 aliphatic carbocycles. The molecule has 3 N–H and O–H groups in total. The Morgan fingerprint density at radius 2 is 1.42 bits per heavy atom. The van der Waals surface area contributed by atoms with Gasteiger partial charge in [-0.15, -0.1) is 0 Å². The fraction of sp³-hybridized carbons (Fsp3) is 0.188. The number of carbonyl (C=O) groups excluding carboxylic acids is 1. The monoisotopic (exact) mass is 255 g/mol. The minimum Gasteiger partial charge on any atom is -0.365 e. The van der Waals surface area contributed by atoms with E-state index < -0.39 is 0 Å². The highest BCUT2D eigenvalue weighted by Gasteiger charge is 2.23. The van der Waals surface area contributed by atoms with E-state index >= 15 is 0 Å². The molecule has 0 radical (unpaired) electrons. The van der Waals surface area contributed by atoms with Gasteiger partial charge in [0.2, 0.25) is 0 Å². The third-order valence-corrected chi connectivity index (χ3v) is 3.21. The second kappa shape index (κ2) is 6.16. The molecule has 0 bridgehead atoms. The molecule has 1 unspecified atom stereocenters. The summed E-state index contributed by atoms with van der Waals surface area (Å²) in [6.45, 7) is 0.314. The van der Waals surface area contributed by atoms with E-state index in [9.17, 15) is 4.79 Å². The van der Waals surface area contributed by atoms with Gasteiger partial charge in [0.15, 0.2) is 6.54 Å². The first-order valence-electron chi connectivity index (χ1n) is 6.39. The van der Waals surface area contributed by atoms with Crippen molar-refractivity contribution in [3.8, 4) is 0 Å². The summed E-state index contributed by atoms with van der Waals surface area (Å²) in [7, 11) is 2.00. The van der Waals surface area contributed by atoms with Crippen LogP contribution in [-0.2, 0) is 4.79 Å². The van der Waals surface area contributed by atoms with Crippen LogP contribution in [0.4, 0.5) is 0 Å². The van der Waals surface area contributed by atoms with Crippen molar-refractivity contribution in [3.63, 3.8) is 0 Å². The molecule has 2 rings (SSSR count). The zero-order chi connectivity index (χ0) is 13.7. The van der Waals surface area contributed by atoms with E-state index in [1.165, 1.54) is 11.1 Å². The first kappa shape index (κ1) is 13.3. The Balaban J connectivity index is 2.37. The molecule has 1 atom stereocenters. The number of carbonyl (C=O) groups is 1. The Kier molecular flexibility index (Phi) is 4.31. The maximum absolute atomic E-state index is 11.2. The topological polar surface area (TPSA) is 47.5 Å². The summed E-state index contributed by atoms with van der Waals surface area (Å²) in [6, 6.07) is 20.5.